The molecule has 1 aromatic rings. The van der Waals surface area contributed by atoms with Crippen LogP contribution in [0.4, 0.5) is 0 Å². The Morgan fingerprint density at radius 1 is 1.25 bits per heavy atom. The summed E-state index contributed by atoms with van der Waals surface area (Å²) in [6.45, 7) is 4.16. The summed E-state index contributed by atoms with van der Waals surface area (Å²) in [6, 6.07) is 6.67. The SMILES string of the molecule is CC(C)c1ccc(C(=O)NC2CCC(=O)NC2=O)cc1. The van der Waals surface area contributed by atoms with Crippen molar-refractivity contribution in [3.8, 4) is 0 Å². The van der Waals surface area contributed by atoms with Crippen LogP contribution in [0.15, 0.2) is 24.3 Å². The predicted octanol–water partition coefficient (Wildman–Crippen LogP) is 1.34. The van der Waals surface area contributed by atoms with Gasteiger partial charge in [0.05, 0.1) is 0 Å². The second-order valence-corrected chi connectivity index (χ2v) is 5.25. The molecule has 1 saturated heterocycles. The van der Waals surface area contributed by atoms with Gasteiger partial charge in [0.1, 0.15) is 6.04 Å². The number of carbonyl (C=O) groups is 3. The first-order valence-corrected chi connectivity index (χ1v) is 6.72. The highest BCUT2D eigenvalue weighted by molar-refractivity contribution is 6.03. The van der Waals surface area contributed by atoms with Crippen molar-refractivity contribution in [1.29, 1.82) is 0 Å². The van der Waals surface area contributed by atoms with Gasteiger partial charge in [0.25, 0.3) is 5.91 Å². The molecule has 5 nitrogen and oxygen atoms in total. The molecular weight excluding hydrogens is 256 g/mol. The lowest BCUT2D eigenvalue weighted by Gasteiger charge is -2.21. The van der Waals surface area contributed by atoms with Crippen molar-refractivity contribution < 1.29 is 14.4 Å². The number of amides is 3. The van der Waals surface area contributed by atoms with Gasteiger partial charge in [-0.05, 0) is 30.0 Å². The van der Waals surface area contributed by atoms with Crippen LogP contribution in [-0.2, 0) is 9.59 Å². The molecule has 1 atom stereocenters. The molecule has 0 bridgehead atoms. The maximum absolute atomic E-state index is 12.0. The summed E-state index contributed by atoms with van der Waals surface area (Å²) in [5.74, 6) is -0.618. The third kappa shape index (κ3) is 3.23. The molecule has 2 N–H and O–H groups in total. The van der Waals surface area contributed by atoms with E-state index < -0.39 is 11.9 Å². The van der Waals surface area contributed by atoms with Gasteiger partial charge < -0.3 is 5.32 Å². The minimum absolute atomic E-state index is 0.253. The Kier molecular flexibility index (Phi) is 4.17. The monoisotopic (exact) mass is 274 g/mol. The zero-order valence-electron chi connectivity index (χ0n) is 11.6. The van der Waals surface area contributed by atoms with Crippen LogP contribution >= 0.6 is 0 Å². The van der Waals surface area contributed by atoms with Crippen LogP contribution in [0.5, 0.6) is 0 Å². The Hall–Kier alpha value is -2.17. The molecular formula is C15H18N2O3. The van der Waals surface area contributed by atoms with Gasteiger partial charge in [0.2, 0.25) is 11.8 Å². The molecule has 5 heteroatoms. The van der Waals surface area contributed by atoms with E-state index in [0.717, 1.165) is 5.56 Å². The maximum atomic E-state index is 12.0. The summed E-state index contributed by atoms with van der Waals surface area (Å²) < 4.78 is 0. The smallest absolute Gasteiger partial charge is 0.251 e. The number of hydrogen-bond acceptors (Lipinski definition) is 3. The van der Waals surface area contributed by atoms with Crippen molar-refractivity contribution in [2.75, 3.05) is 0 Å². The molecule has 0 spiro atoms. The number of piperidine rings is 1. The fourth-order valence-corrected chi connectivity index (χ4v) is 2.09. The average Bonchev–Trinajstić information content (AvgIpc) is 2.42. The summed E-state index contributed by atoms with van der Waals surface area (Å²) in [6.07, 6.45) is 0.601. The minimum atomic E-state index is -0.634. The van der Waals surface area contributed by atoms with Crippen molar-refractivity contribution in [3.63, 3.8) is 0 Å². The van der Waals surface area contributed by atoms with Gasteiger partial charge in [0.15, 0.2) is 0 Å². The minimum Gasteiger partial charge on any atom is -0.340 e. The predicted molar refractivity (Wildman–Crippen MR) is 74.2 cm³/mol. The molecule has 0 aromatic heterocycles. The quantitative estimate of drug-likeness (QED) is 0.817. The highest BCUT2D eigenvalue weighted by Gasteiger charge is 2.27. The Bertz CT molecular complexity index is 535. The van der Waals surface area contributed by atoms with E-state index in [1.54, 1.807) is 12.1 Å². The summed E-state index contributed by atoms with van der Waals surface area (Å²) in [4.78, 5) is 34.6. The van der Waals surface area contributed by atoms with Crippen LogP contribution in [0.3, 0.4) is 0 Å². The van der Waals surface area contributed by atoms with Crippen molar-refractivity contribution in [2.24, 2.45) is 0 Å². The van der Waals surface area contributed by atoms with Gasteiger partial charge in [-0.25, -0.2) is 0 Å². The highest BCUT2D eigenvalue weighted by atomic mass is 16.2. The van der Waals surface area contributed by atoms with E-state index in [1.807, 2.05) is 12.1 Å². The molecule has 20 heavy (non-hydrogen) atoms. The second-order valence-electron chi connectivity index (χ2n) is 5.25. The molecule has 0 saturated carbocycles. The lowest BCUT2D eigenvalue weighted by molar-refractivity contribution is -0.134. The molecule has 1 fully saturated rings. The van der Waals surface area contributed by atoms with E-state index in [2.05, 4.69) is 24.5 Å². The van der Waals surface area contributed by atoms with Crippen molar-refractivity contribution >= 4 is 17.7 Å². The van der Waals surface area contributed by atoms with Crippen LogP contribution < -0.4 is 10.6 Å². The van der Waals surface area contributed by atoms with E-state index >= 15 is 0 Å². The molecule has 1 aromatic carbocycles. The lowest BCUT2D eigenvalue weighted by Crippen LogP contribution is -2.52. The van der Waals surface area contributed by atoms with Crippen LogP contribution in [0.2, 0.25) is 0 Å². The summed E-state index contributed by atoms with van der Waals surface area (Å²) in [5.41, 5.74) is 1.67. The fourth-order valence-electron chi connectivity index (χ4n) is 2.09. The van der Waals surface area contributed by atoms with Crippen LogP contribution in [0.1, 0.15) is 48.5 Å². The van der Waals surface area contributed by atoms with E-state index in [9.17, 15) is 14.4 Å². The molecule has 3 amide bonds. The number of imide groups is 1. The van der Waals surface area contributed by atoms with E-state index in [1.165, 1.54) is 0 Å². The number of benzene rings is 1. The summed E-state index contributed by atoms with van der Waals surface area (Å²) in [5, 5.41) is 4.87. The van der Waals surface area contributed by atoms with Gasteiger partial charge in [-0.15, -0.1) is 0 Å². The lowest BCUT2D eigenvalue weighted by atomic mass is 10.0. The van der Waals surface area contributed by atoms with Crippen molar-refractivity contribution in [1.82, 2.24) is 10.6 Å². The molecule has 0 radical (unpaired) electrons. The zero-order valence-corrected chi connectivity index (χ0v) is 11.6. The fraction of sp³-hybridized carbons (Fsp3) is 0.400. The van der Waals surface area contributed by atoms with Gasteiger partial charge in [-0.3, -0.25) is 19.7 Å². The Balaban J connectivity index is 2.01. The number of carbonyl (C=O) groups excluding carboxylic acids is 3. The first kappa shape index (κ1) is 14.2. The second kappa shape index (κ2) is 5.86. The van der Waals surface area contributed by atoms with Gasteiger partial charge in [-0.2, -0.15) is 0 Å². The molecule has 1 aliphatic heterocycles. The zero-order chi connectivity index (χ0) is 14.7. The van der Waals surface area contributed by atoms with E-state index in [-0.39, 0.29) is 18.2 Å². The van der Waals surface area contributed by atoms with Crippen LogP contribution in [-0.4, -0.2) is 23.8 Å². The van der Waals surface area contributed by atoms with Crippen LogP contribution in [0.25, 0.3) is 0 Å². The Labute approximate surface area is 117 Å². The number of rotatable bonds is 3. The number of nitrogens with one attached hydrogen (secondary N) is 2. The first-order chi connectivity index (χ1) is 9.47. The standard InChI is InChI=1S/C15H18N2O3/c1-9(2)10-3-5-11(6-4-10)14(19)16-12-7-8-13(18)17-15(12)20/h3-6,9,12H,7-8H2,1-2H3,(H,16,19)(H,17,18,20). The number of hydrogen-bond donors (Lipinski definition) is 2. The molecule has 1 aliphatic rings. The van der Waals surface area contributed by atoms with Crippen molar-refractivity contribution in [3.05, 3.63) is 35.4 Å². The molecule has 1 heterocycles. The Morgan fingerprint density at radius 3 is 2.45 bits per heavy atom. The Morgan fingerprint density at radius 2 is 1.90 bits per heavy atom. The van der Waals surface area contributed by atoms with Crippen molar-refractivity contribution in [2.45, 2.75) is 38.6 Å². The van der Waals surface area contributed by atoms with E-state index in [4.69, 9.17) is 0 Å². The normalized spacial score (nSPS) is 18.9. The average molecular weight is 274 g/mol. The first-order valence-electron chi connectivity index (χ1n) is 6.72. The van der Waals surface area contributed by atoms with Gasteiger partial charge in [0, 0.05) is 12.0 Å². The maximum Gasteiger partial charge on any atom is 0.251 e. The summed E-state index contributed by atoms with van der Waals surface area (Å²) >= 11 is 0. The molecule has 1 unspecified atom stereocenters. The van der Waals surface area contributed by atoms with Gasteiger partial charge in [-0.1, -0.05) is 26.0 Å². The largest absolute Gasteiger partial charge is 0.340 e. The third-order valence-electron chi connectivity index (χ3n) is 3.38. The topological polar surface area (TPSA) is 75.3 Å². The summed E-state index contributed by atoms with van der Waals surface area (Å²) in [7, 11) is 0. The molecule has 0 aliphatic carbocycles. The van der Waals surface area contributed by atoms with Crippen LogP contribution in [0, 0.1) is 0 Å². The molecule has 2 rings (SSSR count). The third-order valence-corrected chi connectivity index (χ3v) is 3.38. The highest BCUT2D eigenvalue weighted by Crippen LogP contribution is 2.15. The molecule has 106 valence electrons. The van der Waals surface area contributed by atoms with Gasteiger partial charge >= 0.3 is 0 Å². The van der Waals surface area contributed by atoms with E-state index in [0.29, 0.717) is 17.9 Å².